The molecule has 5 rings (SSSR count). The van der Waals surface area contributed by atoms with Gasteiger partial charge >= 0.3 is 0 Å². The number of hydrogen-bond donors (Lipinski definition) is 1. The number of rotatable bonds is 4. The summed E-state index contributed by atoms with van der Waals surface area (Å²) in [5, 5.41) is 3.60. The van der Waals surface area contributed by atoms with E-state index in [1.54, 1.807) is 12.4 Å². The van der Waals surface area contributed by atoms with Gasteiger partial charge in [-0.25, -0.2) is 4.98 Å². The second kappa shape index (κ2) is 6.30. The van der Waals surface area contributed by atoms with Crippen LogP contribution < -0.4 is 5.32 Å². The third-order valence-electron chi connectivity index (χ3n) is 5.10. The summed E-state index contributed by atoms with van der Waals surface area (Å²) in [7, 11) is 0. The predicted octanol–water partition coefficient (Wildman–Crippen LogP) is 5.05. The molecule has 0 spiro atoms. The highest BCUT2D eigenvalue weighted by Crippen LogP contribution is 2.30. The van der Waals surface area contributed by atoms with E-state index in [2.05, 4.69) is 74.4 Å². The van der Waals surface area contributed by atoms with Gasteiger partial charge in [-0.1, -0.05) is 30.3 Å². The molecule has 1 N–H and O–H groups in total. The van der Waals surface area contributed by atoms with Gasteiger partial charge < -0.3 is 5.32 Å². The Kier molecular flexibility index (Phi) is 3.67. The summed E-state index contributed by atoms with van der Waals surface area (Å²) in [5.74, 6) is 0. The maximum absolute atomic E-state index is 4.58. The largest absolute Gasteiger partial charge is 0.382 e. The van der Waals surface area contributed by atoms with Crippen LogP contribution in [0.2, 0.25) is 0 Å². The predicted molar refractivity (Wildman–Crippen MR) is 106 cm³/mol. The number of aromatic nitrogens is 3. The van der Waals surface area contributed by atoms with Crippen molar-refractivity contribution in [2.75, 3.05) is 5.32 Å². The highest BCUT2D eigenvalue weighted by molar-refractivity contribution is 5.83. The molecule has 0 unspecified atom stereocenters. The summed E-state index contributed by atoms with van der Waals surface area (Å²) in [6, 6.07) is 21.8. The van der Waals surface area contributed by atoms with E-state index in [0.29, 0.717) is 6.04 Å². The van der Waals surface area contributed by atoms with Crippen molar-refractivity contribution in [3.63, 3.8) is 0 Å². The molecule has 128 valence electrons. The minimum absolute atomic E-state index is 0.638. The van der Waals surface area contributed by atoms with Crippen molar-refractivity contribution in [3.05, 3.63) is 73.1 Å². The standard InChI is InChI=1S/C22H20N4/c1-2-5-16(6-3-1)21-15-20-22(24-14-13-23-20)26(21)19-11-9-18(10-12-19)25-17-7-4-8-17/h1-3,5-6,9-15,17,25H,4,7-8H2. The number of anilines is 1. The second-order valence-corrected chi connectivity index (χ2v) is 6.82. The molecule has 4 heteroatoms. The van der Waals surface area contributed by atoms with Crippen molar-refractivity contribution in [1.82, 2.24) is 14.5 Å². The number of nitrogens with one attached hydrogen (secondary N) is 1. The fourth-order valence-corrected chi connectivity index (χ4v) is 3.50. The summed E-state index contributed by atoms with van der Waals surface area (Å²) in [6.45, 7) is 0. The van der Waals surface area contributed by atoms with E-state index in [-0.39, 0.29) is 0 Å². The lowest BCUT2D eigenvalue weighted by molar-refractivity contribution is 0.445. The molecule has 1 aliphatic carbocycles. The molecule has 26 heavy (non-hydrogen) atoms. The molecule has 2 aromatic heterocycles. The Morgan fingerprint density at radius 3 is 2.38 bits per heavy atom. The minimum Gasteiger partial charge on any atom is -0.382 e. The Labute approximate surface area is 152 Å². The Bertz CT molecular complexity index is 1030. The molecule has 1 saturated carbocycles. The Morgan fingerprint density at radius 2 is 1.65 bits per heavy atom. The zero-order chi connectivity index (χ0) is 17.3. The van der Waals surface area contributed by atoms with E-state index in [4.69, 9.17) is 0 Å². The van der Waals surface area contributed by atoms with Crippen LogP contribution in [0.1, 0.15) is 19.3 Å². The summed E-state index contributed by atoms with van der Waals surface area (Å²) in [6.07, 6.45) is 7.38. The normalized spacial score (nSPS) is 14.3. The van der Waals surface area contributed by atoms with Gasteiger partial charge in [0.2, 0.25) is 0 Å². The van der Waals surface area contributed by atoms with Crippen molar-refractivity contribution in [3.8, 4) is 16.9 Å². The molecule has 0 radical (unpaired) electrons. The van der Waals surface area contributed by atoms with Crippen LogP contribution in [0.5, 0.6) is 0 Å². The highest BCUT2D eigenvalue weighted by atomic mass is 15.1. The van der Waals surface area contributed by atoms with Gasteiger partial charge in [-0.15, -0.1) is 0 Å². The molecule has 0 amide bonds. The molecule has 0 bridgehead atoms. The SMILES string of the molecule is c1ccc(-c2cc3nccnc3n2-c2ccc(NC3CCC3)cc2)cc1. The van der Waals surface area contributed by atoms with Crippen molar-refractivity contribution in [1.29, 1.82) is 0 Å². The van der Waals surface area contributed by atoms with Crippen molar-refractivity contribution in [2.45, 2.75) is 25.3 Å². The van der Waals surface area contributed by atoms with E-state index in [1.165, 1.54) is 24.9 Å². The van der Waals surface area contributed by atoms with Gasteiger partial charge in [0, 0.05) is 29.8 Å². The molecule has 2 aromatic carbocycles. The van der Waals surface area contributed by atoms with Crippen LogP contribution in [0.15, 0.2) is 73.1 Å². The van der Waals surface area contributed by atoms with Crippen LogP contribution in [0.3, 0.4) is 0 Å². The molecule has 4 aromatic rings. The van der Waals surface area contributed by atoms with Gasteiger partial charge in [0.15, 0.2) is 5.65 Å². The first kappa shape index (κ1) is 15.1. The minimum atomic E-state index is 0.638. The zero-order valence-electron chi connectivity index (χ0n) is 14.5. The molecular formula is C22H20N4. The summed E-state index contributed by atoms with van der Waals surface area (Å²) in [4.78, 5) is 9.08. The van der Waals surface area contributed by atoms with Gasteiger partial charge in [0.05, 0.1) is 5.69 Å². The van der Waals surface area contributed by atoms with E-state index >= 15 is 0 Å². The average Bonchev–Trinajstić information content (AvgIpc) is 3.05. The van der Waals surface area contributed by atoms with Gasteiger partial charge in [0.1, 0.15) is 5.52 Å². The molecule has 0 aliphatic heterocycles. The maximum Gasteiger partial charge on any atom is 0.163 e. The van der Waals surface area contributed by atoms with E-state index in [1.807, 2.05) is 6.07 Å². The number of benzene rings is 2. The van der Waals surface area contributed by atoms with E-state index in [0.717, 1.165) is 28.1 Å². The van der Waals surface area contributed by atoms with Gasteiger partial charge in [-0.3, -0.25) is 9.55 Å². The molecule has 1 aliphatic rings. The lowest BCUT2D eigenvalue weighted by Crippen LogP contribution is -2.26. The first-order chi connectivity index (χ1) is 12.9. The number of fused-ring (bicyclic) bond motifs is 1. The smallest absolute Gasteiger partial charge is 0.163 e. The van der Waals surface area contributed by atoms with Gasteiger partial charge in [-0.05, 0) is 55.2 Å². The topological polar surface area (TPSA) is 42.7 Å². The van der Waals surface area contributed by atoms with Crippen LogP contribution in [0, 0.1) is 0 Å². The Morgan fingerprint density at radius 1 is 0.885 bits per heavy atom. The molecule has 0 atom stereocenters. The third kappa shape index (κ3) is 2.64. The summed E-state index contributed by atoms with van der Waals surface area (Å²) >= 11 is 0. The Hall–Kier alpha value is -3.14. The highest BCUT2D eigenvalue weighted by Gasteiger charge is 2.17. The average molecular weight is 340 g/mol. The number of hydrogen-bond acceptors (Lipinski definition) is 3. The fraction of sp³-hybridized carbons (Fsp3) is 0.182. The Balaban J connectivity index is 1.61. The second-order valence-electron chi connectivity index (χ2n) is 6.82. The first-order valence-electron chi connectivity index (χ1n) is 9.13. The fourth-order valence-electron chi connectivity index (χ4n) is 3.50. The third-order valence-corrected chi connectivity index (χ3v) is 5.10. The summed E-state index contributed by atoms with van der Waals surface area (Å²) in [5.41, 5.74) is 6.32. The molecule has 0 saturated heterocycles. The lowest BCUT2D eigenvalue weighted by Gasteiger charge is -2.27. The lowest BCUT2D eigenvalue weighted by atomic mass is 9.93. The van der Waals surface area contributed by atoms with E-state index < -0.39 is 0 Å². The van der Waals surface area contributed by atoms with Gasteiger partial charge in [-0.2, -0.15) is 0 Å². The summed E-state index contributed by atoms with van der Waals surface area (Å²) < 4.78 is 2.19. The van der Waals surface area contributed by atoms with Crippen molar-refractivity contribution >= 4 is 16.9 Å². The molecule has 1 fully saturated rings. The zero-order valence-corrected chi connectivity index (χ0v) is 14.5. The van der Waals surface area contributed by atoms with Crippen molar-refractivity contribution < 1.29 is 0 Å². The molecule has 4 nitrogen and oxygen atoms in total. The van der Waals surface area contributed by atoms with Crippen LogP contribution in [-0.4, -0.2) is 20.6 Å². The first-order valence-corrected chi connectivity index (χ1v) is 9.13. The molecular weight excluding hydrogens is 320 g/mol. The monoisotopic (exact) mass is 340 g/mol. The number of nitrogens with zero attached hydrogens (tertiary/aromatic N) is 3. The van der Waals surface area contributed by atoms with Crippen LogP contribution >= 0.6 is 0 Å². The van der Waals surface area contributed by atoms with Crippen LogP contribution in [0.4, 0.5) is 5.69 Å². The van der Waals surface area contributed by atoms with Crippen LogP contribution in [-0.2, 0) is 0 Å². The quantitative estimate of drug-likeness (QED) is 0.565. The van der Waals surface area contributed by atoms with Crippen LogP contribution in [0.25, 0.3) is 28.1 Å². The molecule has 2 heterocycles. The maximum atomic E-state index is 4.58. The van der Waals surface area contributed by atoms with Gasteiger partial charge in [0.25, 0.3) is 0 Å². The van der Waals surface area contributed by atoms with E-state index in [9.17, 15) is 0 Å². The van der Waals surface area contributed by atoms with Crippen molar-refractivity contribution in [2.24, 2.45) is 0 Å².